The van der Waals surface area contributed by atoms with Crippen molar-refractivity contribution in [1.29, 1.82) is 0 Å². The normalized spacial score (nSPS) is 11.4. The molecule has 0 radical (unpaired) electrons. The largest absolute Gasteiger partial charge is 1.00 e. The molecule has 1 aromatic carbocycles. The smallest absolute Gasteiger partial charge is 0.744 e. The van der Waals surface area contributed by atoms with E-state index in [9.17, 15) is 13.0 Å². The quantitative estimate of drug-likeness (QED) is 0.314. The van der Waals surface area contributed by atoms with E-state index in [4.69, 9.17) is 0 Å². The molecule has 0 aliphatic heterocycles. The van der Waals surface area contributed by atoms with Crippen LogP contribution in [0.2, 0.25) is 0 Å². The van der Waals surface area contributed by atoms with Gasteiger partial charge in [-0.1, -0.05) is 6.07 Å². The molecule has 2 aromatic heterocycles. The van der Waals surface area contributed by atoms with E-state index in [2.05, 4.69) is 9.97 Å². The van der Waals surface area contributed by atoms with Gasteiger partial charge in [0.25, 0.3) is 0 Å². The zero-order valence-electron chi connectivity index (χ0n) is 10.1. The Morgan fingerprint density at radius 2 is 1.63 bits per heavy atom. The second kappa shape index (κ2) is 5.15. The summed E-state index contributed by atoms with van der Waals surface area (Å²) in [6.45, 7) is 0. The molecule has 2 heterocycles. The second-order valence-electron chi connectivity index (χ2n) is 3.80. The van der Waals surface area contributed by atoms with Crippen LogP contribution in [0, 0.1) is 0 Å². The Labute approximate surface area is 131 Å². The van der Waals surface area contributed by atoms with E-state index in [-0.39, 0.29) is 34.5 Å². The first kappa shape index (κ1) is 14.4. The van der Waals surface area contributed by atoms with Gasteiger partial charge in [-0.25, -0.2) is 8.42 Å². The van der Waals surface area contributed by atoms with Crippen molar-refractivity contribution in [2.45, 2.75) is 4.90 Å². The van der Waals surface area contributed by atoms with Crippen LogP contribution in [0.3, 0.4) is 0 Å². The SMILES string of the molecule is O=S(=O)([O-])c1cc2cccnc2c2ncccc12.[Na+]. The molecule has 0 fully saturated rings. The van der Waals surface area contributed by atoms with Gasteiger partial charge in [-0.15, -0.1) is 0 Å². The van der Waals surface area contributed by atoms with Gasteiger partial charge in [0, 0.05) is 23.2 Å². The van der Waals surface area contributed by atoms with Crippen LogP contribution in [0.1, 0.15) is 0 Å². The third-order valence-electron chi connectivity index (χ3n) is 2.69. The van der Waals surface area contributed by atoms with Crippen molar-refractivity contribution in [3.05, 3.63) is 42.7 Å². The molecule has 7 heteroatoms. The van der Waals surface area contributed by atoms with Crippen LogP contribution in [0.15, 0.2) is 47.6 Å². The molecule has 0 aliphatic carbocycles. The van der Waals surface area contributed by atoms with Crippen LogP contribution in [0.5, 0.6) is 0 Å². The van der Waals surface area contributed by atoms with Crippen molar-refractivity contribution in [1.82, 2.24) is 9.97 Å². The molecule has 0 saturated heterocycles. The molecule has 5 nitrogen and oxygen atoms in total. The van der Waals surface area contributed by atoms with Crippen molar-refractivity contribution in [2.75, 3.05) is 0 Å². The Morgan fingerprint density at radius 1 is 1.00 bits per heavy atom. The van der Waals surface area contributed by atoms with Gasteiger partial charge in [0.2, 0.25) is 0 Å². The molecule has 0 atom stereocenters. The minimum Gasteiger partial charge on any atom is -0.744 e. The number of benzene rings is 1. The maximum Gasteiger partial charge on any atom is 1.00 e. The van der Waals surface area contributed by atoms with Gasteiger partial charge in [-0.05, 0) is 24.3 Å². The molecule has 3 rings (SSSR count). The van der Waals surface area contributed by atoms with Crippen LogP contribution in [-0.2, 0) is 10.1 Å². The van der Waals surface area contributed by atoms with Crippen molar-refractivity contribution in [2.24, 2.45) is 0 Å². The monoisotopic (exact) mass is 282 g/mol. The summed E-state index contributed by atoms with van der Waals surface area (Å²) in [7, 11) is -4.54. The molecular weight excluding hydrogens is 275 g/mol. The minimum atomic E-state index is -4.54. The molecule has 0 aliphatic rings. The fraction of sp³-hybridized carbons (Fsp3) is 0. The number of nitrogens with zero attached hydrogens (tertiary/aromatic N) is 2. The van der Waals surface area contributed by atoms with Crippen LogP contribution in [0.4, 0.5) is 0 Å². The molecule has 0 unspecified atom stereocenters. The number of hydrogen-bond acceptors (Lipinski definition) is 5. The van der Waals surface area contributed by atoms with Gasteiger partial charge < -0.3 is 4.55 Å². The third-order valence-corrected chi connectivity index (χ3v) is 3.57. The average molecular weight is 282 g/mol. The number of aromatic nitrogens is 2. The molecular formula is C12H7N2NaO3S. The number of rotatable bonds is 1. The number of fused-ring (bicyclic) bond motifs is 3. The first-order valence-corrected chi connectivity index (χ1v) is 6.56. The summed E-state index contributed by atoms with van der Waals surface area (Å²) in [5.41, 5.74) is 1.01. The predicted octanol–water partition coefficient (Wildman–Crippen LogP) is -1.31. The Morgan fingerprint density at radius 3 is 2.32 bits per heavy atom. The van der Waals surface area contributed by atoms with Crippen LogP contribution in [-0.4, -0.2) is 22.9 Å². The van der Waals surface area contributed by atoms with E-state index in [1.54, 1.807) is 30.5 Å². The molecule has 3 aromatic rings. The van der Waals surface area contributed by atoms with Crippen LogP contribution in [0.25, 0.3) is 21.8 Å². The van der Waals surface area contributed by atoms with Gasteiger partial charge in [0.05, 0.1) is 15.9 Å². The number of pyridine rings is 2. The molecule has 19 heavy (non-hydrogen) atoms. The van der Waals surface area contributed by atoms with E-state index in [0.29, 0.717) is 21.8 Å². The summed E-state index contributed by atoms with van der Waals surface area (Å²) in [6, 6.07) is 7.87. The Kier molecular flexibility index (Phi) is 3.89. The van der Waals surface area contributed by atoms with Gasteiger partial charge in [-0.2, -0.15) is 0 Å². The standard InChI is InChI=1S/C12H8N2O3S.Na/c15-18(16,17)10-7-8-3-1-5-13-11(8)12-9(10)4-2-6-14-12;/h1-7H,(H,15,16,17);/q;+1/p-1. The topological polar surface area (TPSA) is 83.0 Å². The average Bonchev–Trinajstić information content (AvgIpc) is 2.37. The predicted molar refractivity (Wildman–Crippen MR) is 65.0 cm³/mol. The zero-order chi connectivity index (χ0) is 12.8. The van der Waals surface area contributed by atoms with Crippen molar-refractivity contribution < 1.29 is 42.5 Å². The second-order valence-corrected chi connectivity index (χ2v) is 5.15. The maximum atomic E-state index is 11.3. The maximum absolute atomic E-state index is 11.3. The first-order valence-electron chi connectivity index (χ1n) is 5.16. The van der Waals surface area contributed by atoms with Crippen LogP contribution >= 0.6 is 0 Å². The fourth-order valence-corrected chi connectivity index (χ4v) is 2.66. The molecule has 90 valence electrons. The summed E-state index contributed by atoms with van der Waals surface area (Å²) >= 11 is 0. The summed E-state index contributed by atoms with van der Waals surface area (Å²) in [5, 5.41) is 0.886. The molecule has 0 bridgehead atoms. The summed E-state index contributed by atoms with van der Waals surface area (Å²) in [4.78, 5) is 8.03. The zero-order valence-corrected chi connectivity index (χ0v) is 12.9. The van der Waals surface area contributed by atoms with E-state index in [1.165, 1.54) is 12.3 Å². The minimum absolute atomic E-state index is 0. The first-order chi connectivity index (χ1) is 8.57. The molecule has 0 amide bonds. The van der Waals surface area contributed by atoms with Gasteiger partial charge in [-0.3, -0.25) is 9.97 Å². The van der Waals surface area contributed by atoms with Crippen LogP contribution < -0.4 is 29.6 Å². The van der Waals surface area contributed by atoms with Crippen molar-refractivity contribution in [3.63, 3.8) is 0 Å². The third kappa shape index (κ3) is 2.50. The summed E-state index contributed by atoms with van der Waals surface area (Å²) < 4.78 is 33.9. The Bertz CT molecular complexity index is 865. The summed E-state index contributed by atoms with van der Waals surface area (Å²) in [6.07, 6.45) is 3.14. The Hall–Kier alpha value is -1.05. The Balaban J connectivity index is 0.00000133. The van der Waals surface area contributed by atoms with E-state index >= 15 is 0 Å². The molecule has 0 saturated carbocycles. The van der Waals surface area contributed by atoms with Gasteiger partial charge in [0.15, 0.2) is 0 Å². The fourth-order valence-electron chi connectivity index (χ4n) is 1.95. The van der Waals surface area contributed by atoms with Crippen molar-refractivity contribution >= 4 is 31.9 Å². The van der Waals surface area contributed by atoms with E-state index in [1.807, 2.05) is 0 Å². The number of hydrogen-bond donors (Lipinski definition) is 0. The van der Waals surface area contributed by atoms with Gasteiger partial charge >= 0.3 is 29.6 Å². The molecule has 0 N–H and O–H groups in total. The van der Waals surface area contributed by atoms with E-state index < -0.39 is 10.1 Å². The molecule has 0 spiro atoms. The summed E-state index contributed by atoms with van der Waals surface area (Å²) in [5.74, 6) is 0. The van der Waals surface area contributed by atoms with Crippen molar-refractivity contribution in [3.8, 4) is 0 Å². The van der Waals surface area contributed by atoms with E-state index in [0.717, 1.165) is 0 Å². The van der Waals surface area contributed by atoms with Gasteiger partial charge in [0.1, 0.15) is 10.1 Å².